The highest BCUT2D eigenvalue weighted by atomic mass is 16.6. The van der Waals surface area contributed by atoms with Crippen molar-refractivity contribution in [1.29, 1.82) is 0 Å². The molecule has 0 aliphatic heterocycles. The van der Waals surface area contributed by atoms with Gasteiger partial charge >= 0.3 is 0 Å². The molecule has 0 fully saturated rings. The summed E-state index contributed by atoms with van der Waals surface area (Å²) in [7, 11) is 3.19. The second-order valence-corrected chi connectivity index (χ2v) is 4.36. The first-order chi connectivity index (χ1) is 8.86. The molecule has 102 valence electrons. The molecule has 0 aliphatic carbocycles. The lowest BCUT2D eigenvalue weighted by molar-refractivity contribution is -0.384. The molecule has 6 heteroatoms. The Morgan fingerprint density at radius 3 is 2.63 bits per heavy atom. The van der Waals surface area contributed by atoms with Crippen LogP contribution >= 0.6 is 0 Å². The summed E-state index contributed by atoms with van der Waals surface area (Å²) < 4.78 is 0. The van der Waals surface area contributed by atoms with E-state index in [4.69, 9.17) is 0 Å². The Kier molecular flexibility index (Phi) is 4.63. The number of benzene rings is 1. The van der Waals surface area contributed by atoms with E-state index in [0.29, 0.717) is 5.69 Å². The van der Waals surface area contributed by atoms with E-state index < -0.39 is 4.92 Å². The molecule has 0 aromatic heterocycles. The normalized spacial score (nSPS) is 11.5. The fraction of sp³-hybridized carbons (Fsp3) is 0.308. The summed E-state index contributed by atoms with van der Waals surface area (Å²) in [6.07, 6.45) is 1.64. The van der Waals surface area contributed by atoms with Gasteiger partial charge in [0.25, 0.3) is 11.6 Å². The molecule has 1 amide bonds. The van der Waals surface area contributed by atoms with Crippen molar-refractivity contribution in [1.82, 2.24) is 4.90 Å². The Morgan fingerprint density at radius 2 is 2.16 bits per heavy atom. The smallest absolute Gasteiger partial charge is 0.293 e. The molecular weight excluding hydrogens is 246 g/mol. The van der Waals surface area contributed by atoms with Crippen LogP contribution in [0.4, 0.5) is 11.4 Å². The van der Waals surface area contributed by atoms with Gasteiger partial charge in [0.05, 0.1) is 4.92 Å². The van der Waals surface area contributed by atoms with Crippen LogP contribution in [0.3, 0.4) is 0 Å². The maximum atomic E-state index is 11.8. The molecule has 6 nitrogen and oxygen atoms in total. The van der Waals surface area contributed by atoms with Gasteiger partial charge in [0, 0.05) is 31.8 Å². The zero-order valence-corrected chi connectivity index (χ0v) is 11.2. The molecule has 1 aromatic rings. The first kappa shape index (κ1) is 14.7. The van der Waals surface area contributed by atoms with Gasteiger partial charge in [-0.2, -0.15) is 0 Å². The summed E-state index contributed by atoms with van der Waals surface area (Å²) in [4.78, 5) is 23.7. The van der Waals surface area contributed by atoms with Crippen LogP contribution in [0.2, 0.25) is 0 Å². The van der Waals surface area contributed by atoms with E-state index in [-0.39, 0.29) is 23.2 Å². The molecule has 1 unspecified atom stereocenters. The predicted octanol–water partition coefficient (Wildman–Crippen LogP) is 2.28. The van der Waals surface area contributed by atoms with Crippen LogP contribution in [0.25, 0.3) is 0 Å². The molecule has 1 aromatic carbocycles. The highest BCUT2D eigenvalue weighted by Gasteiger charge is 2.18. The van der Waals surface area contributed by atoms with Crippen LogP contribution in [0.15, 0.2) is 30.9 Å². The highest BCUT2D eigenvalue weighted by Crippen LogP contribution is 2.26. The number of carbonyl (C=O) groups is 1. The van der Waals surface area contributed by atoms with Crippen molar-refractivity contribution < 1.29 is 9.72 Å². The number of hydrogen-bond donors (Lipinski definition) is 1. The third kappa shape index (κ3) is 3.54. The number of nitrogens with zero attached hydrogens (tertiary/aromatic N) is 2. The second-order valence-electron chi connectivity index (χ2n) is 4.36. The number of hydrogen-bond acceptors (Lipinski definition) is 4. The van der Waals surface area contributed by atoms with Gasteiger partial charge in [0.2, 0.25) is 0 Å². The molecule has 0 bridgehead atoms. The minimum Gasteiger partial charge on any atom is -0.374 e. The van der Waals surface area contributed by atoms with Crippen LogP contribution in [0.5, 0.6) is 0 Å². The van der Waals surface area contributed by atoms with Crippen molar-refractivity contribution >= 4 is 17.3 Å². The lowest BCUT2D eigenvalue weighted by Crippen LogP contribution is -2.22. The predicted molar refractivity (Wildman–Crippen MR) is 74.4 cm³/mol. The van der Waals surface area contributed by atoms with Gasteiger partial charge in [-0.25, -0.2) is 0 Å². The van der Waals surface area contributed by atoms with E-state index in [1.165, 1.54) is 17.0 Å². The first-order valence-electron chi connectivity index (χ1n) is 5.76. The van der Waals surface area contributed by atoms with Crippen LogP contribution < -0.4 is 5.32 Å². The van der Waals surface area contributed by atoms with Crippen molar-refractivity contribution in [2.45, 2.75) is 13.0 Å². The summed E-state index contributed by atoms with van der Waals surface area (Å²) in [5, 5.41) is 14.0. The Morgan fingerprint density at radius 1 is 1.53 bits per heavy atom. The molecule has 0 radical (unpaired) electrons. The van der Waals surface area contributed by atoms with Gasteiger partial charge in [-0.1, -0.05) is 6.08 Å². The average molecular weight is 263 g/mol. The lowest BCUT2D eigenvalue weighted by Gasteiger charge is -2.13. The number of rotatable bonds is 5. The van der Waals surface area contributed by atoms with E-state index in [0.717, 1.165) is 0 Å². The number of nitrogens with one attached hydrogen (secondary N) is 1. The fourth-order valence-electron chi connectivity index (χ4n) is 1.50. The van der Waals surface area contributed by atoms with E-state index in [9.17, 15) is 14.9 Å². The highest BCUT2D eigenvalue weighted by molar-refractivity contribution is 5.95. The van der Waals surface area contributed by atoms with E-state index >= 15 is 0 Å². The summed E-state index contributed by atoms with van der Waals surface area (Å²) in [6.45, 7) is 5.44. The Balaban J connectivity index is 3.18. The largest absolute Gasteiger partial charge is 0.374 e. The minimum atomic E-state index is -0.509. The van der Waals surface area contributed by atoms with Gasteiger partial charge < -0.3 is 10.2 Å². The second kappa shape index (κ2) is 5.99. The molecule has 1 rings (SSSR count). The van der Waals surface area contributed by atoms with Gasteiger partial charge in [-0.15, -0.1) is 6.58 Å². The number of anilines is 1. The number of carbonyl (C=O) groups excluding carboxylic acids is 1. The topological polar surface area (TPSA) is 75.5 Å². The molecule has 0 aliphatic rings. The van der Waals surface area contributed by atoms with Crippen molar-refractivity contribution in [3.63, 3.8) is 0 Å². The average Bonchev–Trinajstić information content (AvgIpc) is 2.37. The van der Waals surface area contributed by atoms with E-state index in [1.807, 2.05) is 6.92 Å². The number of nitro groups is 1. The van der Waals surface area contributed by atoms with Gasteiger partial charge in [0.1, 0.15) is 5.69 Å². The van der Waals surface area contributed by atoms with Gasteiger partial charge in [0.15, 0.2) is 0 Å². The zero-order chi connectivity index (χ0) is 14.6. The van der Waals surface area contributed by atoms with Crippen molar-refractivity contribution in [3.05, 3.63) is 46.5 Å². The summed E-state index contributed by atoms with van der Waals surface area (Å²) >= 11 is 0. The lowest BCUT2D eigenvalue weighted by atomic mass is 10.1. The van der Waals surface area contributed by atoms with Crippen molar-refractivity contribution in [2.75, 3.05) is 19.4 Å². The molecule has 1 atom stereocenters. The zero-order valence-electron chi connectivity index (χ0n) is 11.2. The molecule has 0 saturated heterocycles. The third-order valence-electron chi connectivity index (χ3n) is 2.58. The minimum absolute atomic E-state index is 0.103. The summed E-state index contributed by atoms with van der Waals surface area (Å²) in [6, 6.07) is 4.28. The molecule has 0 saturated carbocycles. The fourth-order valence-corrected chi connectivity index (χ4v) is 1.50. The Labute approximate surface area is 111 Å². The number of nitro benzene ring substituents is 1. The molecule has 0 heterocycles. The first-order valence-corrected chi connectivity index (χ1v) is 5.76. The maximum Gasteiger partial charge on any atom is 0.293 e. The molecule has 1 N–H and O–H groups in total. The van der Waals surface area contributed by atoms with Crippen LogP contribution in [-0.2, 0) is 0 Å². The Hall–Kier alpha value is -2.37. The number of amides is 1. The SMILES string of the molecule is C=CC(C)Nc1ccc(C(=O)N(C)C)cc1[N+](=O)[O-]. The third-order valence-corrected chi connectivity index (χ3v) is 2.58. The van der Waals surface area contributed by atoms with Crippen LogP contribution in [0.1, 0.15) is 17.3 Å². The maximum absolute atomic E-state index is 11.8. The molecule has 19 heavy (non-hydrogen) atoms. The molecule has 0 spiro atoms. The van der Waals surface area contributed by atoms with Crippen LogP contribution in [0, 0.1) is 10.1 Å². The Bertz CT molecular complexity index is 512. The summed E-state index contributed by atoms with van der Waals surface area (Å²) in [5.74, 6) is -0.272. The quantitative estimate of drug-likeness (QED) is 0.502. The van der Waals surface area contributed by atoms with Crippen LogP contribution in [-0.4, -0.2) is 35.9 Å². The van der Waals surface area contributed by atoms with Gasteiger partial charge in [-0.05, 0) is 19.1 Å². The van der Waals surface area contributed by atoms with Crippen molar-refractivity contribution in [3.8, 4) is 0 Å². The van der Waals surface area contributed by atoms with E-state index in [1.54, 1.807) is 26.2 Å². The molecular formula is C13H17N3O3. The summed E-state index contributed by atoms with van der Waals surface area (Å²) in [5.41, 5.74) is 0.530. The van der Waals surface area contributed by atoms with Gasteiger partial charge in [-0.3, -0.25) is 14.9 Å². The standard InChI is InChI=1S/C13H17N3O3/c1-5-9(2)14-11-7-6-10(13(17)15(3)4)8-12(11)16(18)19/h5-9,14H,1H2,2-4H3. The van der Waals surface area contributed by atoms with Crippen molar-refractivity contribution in [2.24, 2.45) is 0 Å². The monoisotopic (exact) mass is 263 g/mol. The van der Waals surface area contributed by atoms with E-state index in [2.05, 4.69) is 11.9 Å².